The molecule has 1 heterocycles. The Morgan fingerprint density at radius 3 is 3.07 bits per heavy atom. The van der Waals surface area contributed by atoms with Crippen molar-refractivity contribution in [2.75, 3.05) is 18.6 Å². The first-order valence-corrected chi connectivity index (χ1v) is 6.43. The summed E-state index contributed by atoms with van der Waals surface area (Å²) in [6.45, 7) is 0. The standard InChI is InChI=1S/C8H13N3O2S2/c1-11(8(9)12)15-5-4-14-6-7-2-3-13-10-7/h2-3H,4-6H2,1H3,(H2,9,12). The number of carbonyl (C=O) groups is 1. The Labute approximate surface area is 96.9 Å². The third-order valence-corrected chi connectivity index (χ3v) is 3.77. The monoisotopic (exact) mass is 247 g/mol. The molecule has 0 unspecified atom stereocenters. The molecule has 0 atom stereocenters. The summed E-state index contributed by atoms with van der Waals surface area (Å²) in [5.74, 6) is 2.62. The second-order valence-electron chi connectivity index (χ2n) is 2.71. The first kappa shape index (κ1) is 12.3. The van der Waals surface area contributed by atoms with Gasteiger partial charge in [0.1, 0.15) is 6.26 Å². The summed E-state index contributed by atoms with van der Waals surface area (Å²) in [5.41, 5.74) is 6.00. The van der Waals surface area contributed by atoms with Crippen molar-refractivity contribution < 1.29 is 9.32 Å². The highest BCUT2D eigenvalue weighted by molar-refractivity contribution is 8.01. The fourth-order valence-corrected chi connectivity index (χ4v) is 2.46. The molecule has 2 amide bonds. The Morgan fingerprint density at radius 1 is 1.67 bits per heavy atom. The summed E-state index contributed by atoms with van der Waals surface area (Å²) in [6, 6.07) is 1.43. The molecule has 0 fully saturated rings. The molecule has 0 saturated carbocycles. The molecular weight excluding hydrogens is 234 g/mol. The Morgan fingerprint density at radius 2 is 2.47 bits per heavy atom. The minimum atomic E-state index is -0.415. The zero-order valence-electron chi connectivity index (χ0n) is 8.38. The van der Waals surface area contributed by atoms with Gasteiger partial charge in [0.15, 0.2) is 0 Å². The second kappa shape index (κ2) is 6.62. The van der Waals surface area contributed by atoms with Crippen molar-refractivity contribution in [3.8, 4) is 0 Å². The third kappa shape index (κ3) is 4.98. The number of hydrogen-bond acceptors (Lipinski definition) is 5. The minimum absolute atomic E-state index is 0.415. The third-order valence-electron chi connectivity index (χ3n) is 1.56. The summed E-state index contributed by atoms with van der Waals surface area (Å²) in [7, 11) is 1.66. The summed E-state index contributed by atoms with van der Waals surface area (Å²) in [5, 5.41) is 3.79. The molecule has 1 aromatic heterocycles. The van der Waals surface area contributed by atoms with E-state index < -0.39 is 6.03 Å². The molecule has 7 heteroatoms. The van der Waals surface area contributed by atoms with Crippen LogP contribution in [0.15, 0.2) is 16.9 Å². The minimum Gasteiger partial charge on any atom is -0.364 e. The van der Waals surface area contributed by atoms with Crippen LogP contribution in [0.1, 0.15) is 5.69 Å². The molecule has 0 aromatic carbocycles. The van der Waals surface area contributed by atoms with Crippen LogP contribution in [0.4, 0.5) is 4.79 Å². The number of nitrogens with zero attached hydrogens (tertiary/aromatic N) is 2. The van der Waals surface area contributed by atoms with Crippen molar-refractivity contribution >= 4 is 29.7 Å². The van der Waals surface area contributed by atoms with Crippen molar-refractivity contribution in [1.29, 1.82) is 0 Å². The SMILES string of the molecule is CN(SCCSCc1ccon1)C(N)=O. The Hall–Kier alpha value is -0.820. The summed E-state index contributed by atoms with van der Waals surface area (Å²) < 4.78 is 6.13. The predicted octanol–water partition coefficient (Wildman–Crippen LogP) is 1.57. The number of nitrogens with two attached hydrogens (primary N) is 1. The smallest absolute Gasteiger partial charge is 0.324 e. The van der Waals surface area contributed by atoms with Crippen molar-refractivity contribution in [2.24, 2.45) is 5.73 Å². The van der Waals surface area contributed by atoms with Gasteiger partial charge < -0.3 is 10.3 Å². The maximum Gasteiger partial charge on any atom is 0.324 e. The van der Waals surface area contributed by atoms with Gasteiger partial charge in [-0.15, -0.1) is 0 Å². The highest BCUT2D eigenvalue weighted by Crippen LogP contribution is 2.14. The van der Waals surface area contributed by atoms with Gasteiger partial charge in [0.2, 0.25) is 0 Å². The number of amides is 2. The molecule has 0 aliphatic carbocycles. The molecule has 15 heavy (non-hydrogen) atoms. The average molecular weight is 247 g/mol. The lowest BCUT2D eigenvalue weighted by molar-refractivity contribution is 0.239. The van der Waals surface area contributed by atoms with Gasteiger partial charge in [-0.1, -0.05) is 5.16 Å². The van der Waals surface area contributed by atoms with E-state index in [0.717, 1.165) is 23.0 Å². The quantitative estimate of drug-likeness (QED) is 0.610. The Bertz CT molecular complexity index is 292. The lowest BCUT2D eigenvalue weighted by Gasteiger charge is -2.11. The number of primary amides is 1. The van der Waals surface area contributed by atoms with Gasteiger partial charge in [-0.05, 0) is 11.9 Å². The molecule has 5 nitrogen and oxygen atoms in total. The van der Waals surface area contributed by atoms with Crippen LogP contribution in [0.5, 0.6) is 0 Å². The fraction of sp³-hybridized carbons (Fsp3) is 0.500. The maximum atomic E-state index is 10.6. The van der Waals surface area contributed by atoms with Crippen LogP contribution in [0.3, 0.4) is 0 Å². The van der Waals surface area contributed by atoms with Crippen LogP contribution < -0.4 is 5.73 Å². The molecule has 0 saturated heterocycles. The fourth-order valence-electron chi connectivity index (χ4n) is 0.785. The zero-order chi connectivity index (χ0) is 11.1. The lowest BCUT2D eigenvalue weighted by Crippen LogP contribution is -2.26. The second-order valence-corrected chi connectivity index (χ2v) is 5.03. The van der Waals surface area contributed by atoms with E-state index in [2.05, 4.69) is 5.16 Å². The van der Waals surface area contributed by atoms with Crippen molar-refractivity contribution in [3.05, 3.63) is 18.0 Å². The maximum absolute atomic E-state index is 10.6. The van der Waals surface area contributed by atoms with Crippen molar-refractivity contribution in [1.82, 2.24) is 9.46 Å². The van der Waals surface area contributed by atoms with Gasteiger partial charge in [-0.25, -0.2) is 4.79 Å². The topological polar surface area (TPSA) is 72.4 Å². The normalized spacial score (nSPS) is 10.2. The van der Waals surface area contributed by atoms with Gasteiger partial charge in [0.05, 0.1) is 5.69 Å². The van der Waals surface area contributed by atoms with Gasteiger partial charge in [0, 0.05) is 30.4 Å². The van der Waals surface area contributed by atoms with Crippen LogP contribution in [0.2, 0.25) is 0 Å². The molecule has 0 spiro atoms. The van der Waals surface area contributed by atoms with Gasteiger partial charge in [0.25, 0.3) is 0 Å². The zero-order valence-corrected chi connectivity index (χ0v) is 10.0. The van der Waals surface area contributed by atoms with E-state index in [4.69, 9.17) is 10.3 Å². The molecular formula is C8H13N3O2S2. The van der Waals surface area contributed by atoms with Crippen molar-refractivity contribution in [3.63, 3.8) is 0 Å². The number of urea groups is 1. The van der Waals surface area contributed by atoms with Crippen LogP contribution >= 0.6 is 23.7 Å². The van der Waals surface area contributed by atoms with E-state index in [1.54, 1.807) is 25.1 Å². The summed E-state index contributed by atoms with van der Waals surface area (Å²) in [6.07, 6.45) is 1.56. The average Bonchev–Trinajstić information content (AvgIpc) is 2.69. The Balaban J connectivity index is 2.00. The molecule has 0 aliphatic rings. The number of rotatable bonds is 6. The van der Waals surface area contributed by atoms with Crippen LogP contribution in [0.25, 0.3) is 0 Å². The van der Waals surface area contributed by atoms with Crippen LogP contribution in [0, 0.1) is 0 Å². The van der Waals surface area contributed by atoms with E-state index in [-0.39, 0.29) is 0 Å². The molecule has 1 aromatic rings. The molecule has 0 aliphatic heterocycles. The largest absolute Gasteiger partial charge is 0.364 e. The molecule has 0 bridgehead atoms. The van der Waals surface area contributed by atoms with Gasteiger partial charge in [-0.3, -0.25) is 4.31 Å². The first-order valence-electron chi connectivity index (χ1n) is 4.33. The van der Waals surface area contributed by atoms with Crippen LogP contribution in [-0.4, -0.2) is 34.0 Å². The summed E-state index contributed by atoms with van der Waals surface area (Å²) in [4.78, 5) is 10.6. The molecule has 2 N–H and O–H groups in total. The van der Waals surface area contributed by atoms with E-state index in [1.807, 2.05) is 6.07 Å². The molecule has 84 valence electrons. The van der Waals surface area contributed by atoms with Crippen LogP contribution in [-0.2, 0) is 5.75 Å². The highest BCUT2D eigenvalue weighted by Gasteiger charge is 2.03. The van der Waals surface area contributed by atoms with Gasteiger partial charge in [-0.2, -0.15) is 11.8 Å². The number of carbonyl (C=O) groups excluding carboxylic acids is 1. The molecule has 1 rings (SSSR count). The van der Waals surface area contributed by atoms with E-state index >= 15 is 0 Å². The van der Waals surface area contributed by atoms with Gasteiger partial charge >= 0.3 is 6.03 Å². The number of thioether (sulfide) groups is 1. The van der Waals surface area contributed by atoms with E-state index in [0.29, 0.717) is 0 Å². The summed E-state index contributed by atoms with van der Waals surface area (Å²) >= 11 is 3.16. The first-order chi connectivity index (χ1) is 7.20. The Kier molecular flexibility index (Phi) is 5.41. The number of aromatic nitrogens is 1. The van der Waals surface area contributed by atoms with E-state index in [1.165, 1.54) is 16.3 Å². The molecule has 0 radical (unpaired) electrons. The highest BCUT2D eigenvalue weighted by atomic mass is 32.2. The predicted molar refractivity (Wildman–Crippen MR) is 62.5 cm³/mol. The van der Waals surface area contributed by atoms with E-state index in [9.17, 15) is 4.79 Å². The van der Waals surface area contributed by atoms with Crippen molar-refractivity contribution in [2.45, 2.75) is 5.75 Å². The number of hydrogen-bond donors (Lipinski definition) is 1. The lowest BCUT2D eigenvalue weighted by atomic mass is 10.5.